The summed E-state index contributed by atoms with van der Waals surface area (Å²) in [7, 11) is 0. The van der Waals surface area contributed by atoms with Crippen LogP contribution in [0.4, 0.5) is 0 Å². The van der Waals surface area contributed by atoms with Gasteiger partial charge in [0.1, 0.15) is 0 Å². The summed E-state index contributed by atoms with van der Waals surface area (Å²) >= 11 is 0. The Morgan fingerprint density at radius 1 is 0.867 bits per heavy atom. The van der Waals surface area contributed by atoms with Crippen molar-refractivity contribution in [1.82, 2.24) is 0 Å². The molecule has 0 N–H and O–H groups in total. The van der Waals surface area contributed by atoms with E-state index in [2.05, 4.69) is 47.6 Å². The molecule has 0 aromatic heterocycles. The van der Waals surface area contributed by atoms with Crippen LogP contribution in [0.15, 0.2) is 18.2 Å². The fourth-order valence-electron chi connectivity index (χ4n) is 1.61. The van der Waals surface area contributed by atoms with E-state index >= 15 is 0 Å². The van der Waals surface area contributed by atoms with E-state index in [-0.39, 0.29) is 16.6 Å². The van der Waals surface area contributed by atoms with Gasteiger partial charge in [0.05, 0.1) is 0 Å². The van der Waals surface area contributed by atoms with E-state index in [0.717, 1.165) is 11.1 Å². The van der Waals surface area contributed by atoms with Crippen LogP contribution in [0.2, 0.25) is 0 Å². The molecule has 0 saturated carbocycles. The molecule has 0 saturated heterocycles. The van der Waals surface area contributed by atoms with E-state index < -0.39 is 0 Å². The molecule has 1 aromatic rings. The molecule has 0 unspecified atom stereocenters. The average molecular weight is 205 g/mol. The standard InChI is InChI=1S/C14H21O/c1-13(2,3)10-7-8-11(12(15)9-10)14(4,5)6/h7-9H,1-6H3. The van der Waals surface area contributed by atoms with E-state index in [1.54, 1.807) is 6.07 Å². The quantitative estimate of drug-likeness (QED) is 0.597. The van der Waals surface area contributed by atoms with Crippen molar-refractivity contribution in [2.24, 2.45) is 0 Å². The third-order valence-electron chi connectivity index (χ3n) is 2.66. The van der Waals surface area contributed by atoms with Gasteiger partial charge in [0.25, 0.3) is 0 Å². The van der Waals surface area contributed by atoms with Crippen molar-refractivity contribution in [3.63, 3.8) is 0 Å². The average Bonchev–Trinajstić information content (AvgIpc) is 1.99. The van der Waals surface area contributed by atoms with Crippen molar-refractivity contribution >= 4 is 0 Å². The lowest BCUT2D eigenvalue weighted by Crippen LogP contribution is -2.14. The summed E-state index contributed by atoms with van der Waals surface area (Å²) < 4.78 is 0. The number of hydrogen-bond donors (Lipinski definition) is 0. The largest absolute Gasteiger partial charge is 0.290 e. The Morgan fingerprint density at radius 3 is 1.73 bits per heavy atom. The van der Waals surface area contributed by atoms with Crippen molar-refractivity contribution in [3.05, 3.63) is 29.3 Å². The molecule has 1 aromatic carbocycles. The maximum Gasteiger partial charge on any atom is 0.182 e. The smallest absolute Gasteiger partial charge is 0.182 e. The van der Waals surface area contributed by atoms with Crippen molar-refractivity contribution in [3.8, 4) is 5.75 Å². The third-order valence-corrected chi connectivity index (χ3v) is 2.66. The van der Waals surface area contributed by atoms with Crippen molar-refractivity contribution in [2.75, 3.05) is 0 Å². The van der Waals surface area contributed by atoms with E-state index in [1.807, 2.05) is 6.07 Å². The van der Waals surface area contributed by atoms with Crippen LogP contribution in [0.5, 0.6) is 5.75 Å². The summed E-state index contributed by atoms with van der Waals surface area (Å²) in [5, 5.41) is 11.9. The molecule has 83 valence electrons. The molecule has 1 heteroatoms. The number of hydrogen-bond acceptors (Lipinski definition) is 0. The molecule has 15 heavy (non-hydrogen) atoms. The first-order chi connectivity index (χ1) is 6.62. The molecule has 0 fully saturated rings. The summed E-state index contributed by atoms with van der Waals surface area (Å²) in [6, 6.07) is 5.82. The first-order valence-corrected chi connectivity index (χ1v) is 5.44. The lowest BCUT2D eigenvalue weighted by molar-refractivity contribution is 0.339. The van der Waals surface area contributed by atoms with Crippen LogP contribution in [0.3, 0.4) is 0 Å². The highest BCUT2D eigenvalue weighted by atomic mass is 16.3. The van der Waals surface area contributed by atoms with Crippen LogP contribution in [-0.4, -0.2) is 0 Å². The molecular formula is C14H21O. The van der Waals surface area contributed by atoms with Gasteiger partial charge in [0.15, 0.2) is 5.75 Å². The molecule has 1 radical (unpaired) electrons. The Balaban J connectivity index is 3.21. The van der Waals surface area contributed by atoms with Crippen LogP contribution < -0.4 is 0 Å². The first-order valence-electron chi connectivity index (χ1n) is 5.44. The van der Waals surface area contributed by atoms with Gasteiger partial charge in [-0.2, -0.15) is 0 Å². The lowest BCUT2D eigenvalue weighted by Gasteiger charge is -2.23. The highest BCUT2D eigenvalue weighted by Gasteiger charge is 2.21. The second-order valence-electron chi connectivity index (χ2n) is 6.21. The summed E-state index contributed by atoms with van der Waals surface area (Å²) in [5.41, 5.74) is 2.00. The molecule has 0 aliphatic rings. The molecule has 0 atom stereocenters. The molecule has 0 heterocycles. The maximum atomic E-state index is 11.9. The van der Waals surface area contributed by atoms with Crippen molar-refractivity contribution in [2.45, 2.75) is 52.4 Å². The van der Waals surface area contributed by atoms with Crippen LogP contribution in [0, 0.1) is 0 Å². The molecule has 0 amide bonds. The molecular weight excluding hydrogens is 184 g/mol. The Hall–Kier alpha value is -0.980. The minimum atomic E-state index is -0.0620. The van der Waals surface area contributed by atoms with Crippen LogP contribution in [0.1, 0.15) is 52.7 Å². The van der Waals surface area contributed by atoms with Crippen molar-refractivity contribution in [1.29, 1.82) is 0 Å². The Morgan fingerprint density at radius 2 is 1.40 bits per heavy atom. The molecule has 0 bridgehead atoms. The summed E-state index contributed by atoms with van der Waals surface area (Å²) in [4.78, 5) is 0. The zero-order chi connectivity index (χ0) is 11.9. The molecule has 0 aliphatic carbocycles. The minimum Gasteiger partial charge on any atom is -0.290 e. The fraction of sp³-hybridized carbons (Fsp3) is 0.571. The highest BCUT2D eigenvalue weighted by molar-refractivity contribution is 5.42. The van der Waals surface area contributed by atoms with Gasteiger partial charge in [-0.3, -0.25) is 5.11 Å². The van der Waals surface area contributed by atoms with Crippen LogP contribution in [-0.2, 0) is 15.9 Å². The van der Waals surface area contributed by atoms with Gasteiger partial charge in [-0.1, -0.05) is 53.7 Å². The lowest BCUT2D eigenvalue weighted by atomic mass is 9.81. The van der Waals surface area contributed by atoms with Crippen LogP contribution >= 0.6 is 0 Å². The summed E-state index contributed by atoms with van der Waals surface area (Å²) in [6.07, 6.45) is 0. The molecule has 0 spiro atoms. The van der Waals surface area contributed by atoms with Gasteiger partial charge in [-0.25, -0.2) is 0 Å². The van der Waals surface area contributed by atoms with Crippen LogP contribution in [0.25, 0.3) is 0 Å². The van der Waals surface area contributed by atoms with E-state index in [0.29, 0.717) is 0 Å². The summed E-state index contributed by atoms with van der Waals surface area (Å²) in [5.74, 6) is 0.162. The second-order valence-corrected chi connectivity index (χ2v) is 6.21. The molecule has 0 aliphatic heterocycles. The van der Waals surface area contributed by atoms with Gasteiger partial charge >= 0.3 is 0 Å². The normalized spacial score (nSPS) is 12.9. The topological polar surface area (TPSA) is 19.9 Å². The Kier molecular flexibility index (Phi) is 2.86. The van der Waals surface area contributed by atoms with Gasteiger partial charge in [-0.15, -0.1) is 0 Å². The van der Waals surface area contributed by atoms with E-state index in [9.17, 15) is 5.11 Å². The minimum absolute atomic E-state index is 0.0512. The predicted molar refractivity (Wildman–Crippen MR) is 64.0 cm³/mol. The van der Waals surface area contributed by atoms with E-state index in [4.69, 9.17) is 0 Å². The van der Waals surface area contributed by atoms with Gasteiger partial charge < -0.3 is 0 Å². The van der Waals surface area contributed by atoms with Crippen molar-refractivity contribution < 1.29 is 5.11 Å². The zero-order valence-corrected chi connectivity index (χ0v) is 10.6. The molecule has 1 rings (SSSR count). The fourth-order valence-corrected chi connectivity index (χ4v) is 1.61. The second kappa shape index (κ2) is 3.55. The van der Waals surface area contributed by atoms with Gasteiger partial charge in [0.2, 0.25) is 0 Å². The third kappa shape index (κ3) is 2.74. The number of rotatable bonds is 0. The first kappa shape index (κ1) is 12.1. The monoisotopic (exact) mass is 205 g/mol. The SMILES string of the molecule is CC(C)(C)c1ccc(C(C)(C)C)c([O])c1. The van der Waals surface area contributed by atoms with Gasteiger partial charge in [-0.05, 0) is 22.5 Å². The Bertz CT molecular complexity index is 351. The molecule has 1 nitrogen and oxygen atoms in total. The highest BCUT2D eigenvalue weighted by Crippen LogP contribution is 2.34. The number of benzene rings is 1. The van der Waals surface area contributed by atoms with E-state index in [1.165, 1.54) is 0 Å². The zero-order valence-electron chi connectivity index (χ0n) is 10.6. The maximum absolute atomic E-state index is 11.9. The predicted octanol–water partition coefficient (Wildman–Crippen LogP) is 4.43. The Labute approximate surface area is 93.1 Å². The summed E-state index contributed by atoms with van der Waals surface area (Å²) in [6.45, 7) is 12.6. The van der Waals surface area contributed by atoms with Gasteiger partial charge in [0, 0.05) is 5.56 Å².